The fourth-order valence-corrected chi connectivity index (χ4v) is 4.34. The SMILES string of the molecule is COc1ccc(-c2cc(=O)c3c(O)cc(OCC[N+](C)(C)C)cc3o2)cc1OC(C)CCCc1ccccc1. The van der Waals surface area contributed by atoms with Gasteiger partial charge in [0.15, 0.2) is 16.9 Å². The molecule has 3 aromatic carbocycles. The zero-order chi connectivity index (χ0) is 28.0. The van der Waals surface area contributed by atoms with Gasteiger partial charge in [-0.05, 0) is 49.9 Å². The molecule has 0 radical (unpaired) electrons. The maximum atomic E-state index is 13.0. The lowest BCUT2D eigenvalue weighted by Gasteiger charge is -2.23. The Kier molecular flexibility index (Phi) is 8.82. The first-order valence-electron chi connectivity index (χ1n) is 13.3. The molecule has 0 spiro atoms. The Hall–Kier alpha value is -3.97. The van der Waals surface area contributed by atoms with Crippen LogP contribution in [0.4, 0.5) is 0 Å². The van der Waals surface area contributed by atoms with E-state index in [-0.39, 0.29) is 28.3 Å². The number of hydrogen-bond donors (Lipinski definition) is 1. The van der Waals surface area contributed by atoms with Crippen molar-refractivity contribution in [3.05, 3.63) is 82.5 Å². The quantitative estimate of drug-likeness (QED) is 0.224. The molecule has 0 aliphatic carbocycles. The van der Waals surface area contributed by atoms with Crippen LogP contribution in [-0.2, 0) is 6.42 Å². The molecule has 0 aliphatic heterocycles. The first-order chi connectivity index (χ1) is 18.6. The van der Waals surface area contributed by atoms with Crippen LogP contribution in [0.5, 0.6) is 23.0 Å². The summed E-state index contributed by atoms with van der Waals surface area (Å²) >= 11 is 0. The van der Waals surface area contributed by atoms with Crippen molar-refractivity contribution < 1.29 is 28.2 Å². The maximum Gasteiger partial charge on any atom is 0.197 e. The highest BCUT2D eigenvalue weighted by Gasteiger charge is 2.16. The van der Waals surface area contributed by atoms with E-state index in [1.807, 2.05) is 25.1 Å². The van der Waals surface area contributed by atoms with Crippen LogP contribution in [0.1, 0.15) is 25.3 Å². The number of quaternary nitrogens is 1. The van der Waals surface area contributed by atoms with E-state index in [0.29, 0.717) is 35.2 Å². The molecule has 4 aromatic rings. The van der Waals surface area contributed by atoms with Gasteiger partial charge in [-0.2, -0.15) is 0 Å². The second kappa shape index (κ2) is 12.3. The zero-order valence-electron chi connectivity index (χ0n) is 23.4. The van der Waals surface area contributed by atoms with Gasteiger partial charge in [0, 0.05) is 23.8 Å². The summed E-state index contributed by atoms with van der Waals surface area (Å²) in [6, 6.07) is 20.3. The van der Waals surface area contributed by atoms with Crippen molar-refractivity contribution >= 4 is 11.0 Å². The summed E-state index contributed by atoms with van der Waals surface area (Å²) < 4.78 is 24.5. The van der Waals surface area contributed by atoms with Crippen LogP contribution in [0, 0.1) is 0 Å². The third kappa shape index (κ3) is 7.54. The number of phenols is 1. The summed E-state index contributed by atoms with van der Waals surface area (Å²) in [5, 5.41) is 10.6. The number of aryl methyl sites for hydroxylation is 1. The number of nitrogens with zero attached hydrogens (tertiary/aromatic N) is 1. The smallest absolute Gasteiger partial charge is 0.197 e. The molecule has 1 aromatic heterocycles. The number of methoxy groups -OCH3 is 1. The highest BCUT2D eigenvalue weighted by Crippen LogP contribution is 2.36. The summed E-state index contributed by atoms with van der Waals surface area (Å²) in [4.78, 5) is 13.0. The van der Waals surface area contributed by atoms with E-state index in [1.165, 1.54) is 17.7 Å². The van der Waals surface area contributed by atoms with Crippen molar-refractivity contribution in [2.24, 2.45) is 0 Å². The van der Waals surface area contributed by atoms with Gasteiger partial charge in [-0.1, -0.05) is 30.3 Å². The maximum absolute atomic E-state index is 13.0. The fourth-order valence-electron chi connectivity index (χ4n) is 4.34. The van der Waals surface area contributed by atoms with Gasteiger partial charge < -0.3 is 28.2 Å². The van der Waals surface area contributed by atoms with E-state index in [0.717, 1.165) is 30.3 Å². The van der Waals surface area contributed by atoms with Gasteiger partial charge in [0.05, 0.1) is 34.4 Å². The minimum Gasteiger partial charge on any atom is -0.507 e. The number of benzene rings is 3. The molecule has 1 atom stereocenters. The van der Waals surface area contributed by atoms with Crippen LogP contribution in [0.25, 0.3) is 22.3 Å². The third-order valence-electron chi connectivity index (χ3n) is 6.51. The number of phenolic OH excluding ortho intramolecular Hbond substituents is 1. The summed E-state index contributed by atoms with van der Waals surface area (Å²) in [6.07, 6.45) is 2.82. The van der Waals surface area contributed by atoms with Gasteiger partial charge >= 0.3 is 0 Å². The standard InChI is InChI=1S/C32H37NO6/c1-22(10-9-13-23-11-7-6-8-12-23)38-30-18-24(14-15-28(30)36-5)29-21-27(35)32-26(34)19-25(20-31(32)39-29)37-17-16-33(2,3)4/h6-8,11-12,14-15,18-22H,9-10,13,16-17H2,1-5H3/p+1. The predicted octanol–water partition coefficient (Wildman–Crippen LogP) is 6.05. The van der Waals surface area contributed by atoms with Gasteiger partial charge in [-0.3, -0.25) is 4.79 Å². The van der Waals surface area contributed by atoms with Crippen molar-refractivity contribution in [2.45, 2.75) is 32.3 Å². The normalized spacial score (nSPS) is 12.3. The van der Waals surface area contributed by atoms with Crippen molar-refractivity contribution in [2.75, 3.05) is 41.4 Å². The molecule has 0 bridgehead atoms. The molecule has 1 N–H and O–H groups in total. The summed E-state index contributed by atoms with van der Waals surface area (Å²) in [6.45, 7) is 3.28. The zero-order valence-corrected chi connectivity index (χ0v) is 23.4. The first kappa shape index (κ1) is 28.0. The predicted molar refractivity (Wildman–Crippen MR) is 154 cm³/mol. The van der Waals surface area contributed by atoms with Crippen LogP contribution in [0.3, 0.4) is 0 Å². The Balaban J connectivity index is 1.54. The highest BCUT2D eigenvalue weighted by atomic mass is 16.5. The minimum absolute atomic E-state index is 0.0372. The Labute approximate surface area is 229 Å². The Morgan fingerprint density at radius 3 is 2.46 bits per heavy atom. The van der Waals surface area contributed by atoms with E-state index in [4.69, 9.17) is 18.6 Å². The van der Waals surface area contributed by atoms with Crippen LogP contribution in [-0.4, -0.2) is 57.1 Å². The van der Waals surface area contributed by atoms with Gasteiger partial charge in [0.2, 0.25) is 0 Å². The molecule has 1 heterocycles. The number of aromatic hydroxyl groups is 1. The molecule has 0 saturated carbocycles. The number of fused-ring (bicyclic) bond motifs is 1. The van der Waals surface area contributed by atoms with E-state index in [2.05, 4.69) is 45.4 Å². The number of rotatable bonds is 12. The van der Waals surface area contributed by atoms with Crippen LogP contribution in [0.15, 0.2) is 75.9 Å². The Morgan fingerprint density at radius 2 is 1.74 bits per heavy atom. The van der Waals surface area contributed by atoms with Crippen molar-refractivity contribution in [3.63, 3.8) is 0 Å². The van der Waals surface area contributed by atoms with E-state index in [1.54, 1.807) is 19.2 Å². The van der Waals surface area contributed by atoms with Crippen LogP contribution < -0.4 is 19.6 Å². The second-order valence-electron chi connectivity index (χ2n) is 10.8. The Bertz CT molecular complexity index is 1460. The molecule has 0 aliphatic rings. The summed E-state index contributed by atoms with van der Waals surface area (Å²) in [5.74, 6) is 1.81. The lowest BCUT2D eigenvalue weighted by atomic mass is 10.1. The molecule has 0 amide bonds. The molecule has 206 valence electrons. The number of ether oxygens (including phenoxy) is 3. The average Bonchev–Trinajstić information content (AvgIpc) is 2.88. The monoisotopic (exact) mass is 532 g/mol. The topological polar surface area (TPSA) is 78.1 Å². The number of likely N-dealkylation sites (N-methyl/N-ethyl adjacent to an activating group) is 1. The average molecular weight is 533 g/mol. The molecule has 7 nitrogen and oxygen atoms in total. The molecule has 7 heteroatoms. The van der Waals surface area contributed by atoms with E-state index >= 15 is 0 Å². The third-order valence-corrected chi connectivity index (χ3v) is 6.51. The van der Waals surface area contributed by atoms with Crippen LogP contribution >= 0.6 is 0 Å². The van der Waals surface area contributed by atoms with E-state index < -0.39 is 0 Å². The minimum atomic E-state index is -0.339. The molecular weight excluding hydrogens is 494 g/mol. The largest absolute Gasteiger partial charge is 0.507 e. The van der Waals surface area contributed by atoms with Crippen molar-refractivity contribution in [1.82, 2.24) is 0 Å². The van der Waals surface area contributed by atoms with Gasteiger partial charge in [0.1, 0.15) is 41.4 Å². The van der Waals surface area contributed by atoms with Crippen molar-refractivity contribution in [3.8, 4) is 34.3 Å². The molecule has 0 saturated heterocycles. The molecule has 39 heavy (non-hydrogen) atoms. The summed E-state index contributed by atoms with van der Waals surface area (Å²) in [7, 11) is 7.82. The molecular formula is C32H38NO6+. The Morgan fingerprint density at radius 1 is 0.974 bits per heavy atom. The number of hydrogen-bond acceptors (Lipinski definition) is 6. The van der Waals surface area contributed by atoms with Gasteiger partial charge in [-0.15, -0.1) is 0 Å². The molecule has 0 fully saturated rings. The lowest BCUT2D eigenvalue weighted by Crippen LogP contribution is -2.38. The summed E-state index contributed by atoms with van der Waals surface area (Å²) in [5.41, 5.74) is 1.89. The molecule has 4 rings (SSSR count). The van der Waals surface area contributed by atoms with Crippen molar-refractivity contribution in [1.29, 1.82) is 0 Å². The first-order valence-corrected chi connectivity index (χ1v) is 13.3. The van der Waals surface area contributed by atoms with Gasteiger partial charge in [0.25, 0.3) is 0 Å². The second-order valence-corrected chi connectivity index (χ2v) is 10.8. The fraction of sp³-hybridized carbons (Fsp3) is 0.344. The lowest BCUT2D eigenvalue weighted by molar-refractivity contribution is -0.870. The highest BCUT2D eigenvalue weighted by molar-refractivity contribution is 5.86. The van der Waals surface area contributed by atoms with Crippen LogP contribution in [0.2, 0.25) is 0 Å². The van der Waals surface area contributed by atoms with E-state index in [9.17, 15) is 9.90 Å². The van der Waals surface area contributed by atoms with Gasteiger partial charge in [-0.25, -0.2) is 0 Å². The molecule has 1 unspecified atom stereocenters.